The van der Waals surface area contributed by atoms with E-state index in [4.69, 9.17) is 5.11 Å². The van der Waals surface area contributed by atoms with Crippen LogP contribution in [0, 0.1) is 0 Å². The van der Waals surface area contributed by atoms with Gasteiger partial charge in [-0.15, -0.1) is 5.10 Å². The summed E-state index contributed by atoms with van der Waals surface area (Å²) < 4.78 is 3.20. The van der Waals surface area contributed by atoms with Crippen molar-refractivity contribution in [3.05, 3.63) is 48.0 Å². The molecule has 0 radical (unpaired) electrons. The van der Waals surface area contributed by atoms with Gasteiger partial charge < -0.3 is 14.8 Å². The molecule has 1 amide bonds. The summed E-state index contributed by atoms with van der Waals surface area (Å²) in [4.78, 5) is 23.5. The van der Waals surface area contributed by atoms with Crippen LogP contribution < -0.4 is 5.32 Å². The average Bonchev–Trinajstić information content (AvgIpc) is 3.13. The van der Waals surface area contributed by atoms with Crippen molar-refractivity contribution in [3.63, 3.8) is 0 Å². The van der Waals surface area contributed by atoms with Gasteiger partial charge in [0.1, 0.15) is 0 Å². The molecule has 0 atom stereocenters. The standard InChI is InChI=1S/C15H15N5O3/c1-10(22)11-6-13-7-12(2-3-19(13)8-11)16-15(23)14-9-20(4-5-21)18-17-14/h2-3,6-9,21H,4-5H2,1H3,(H,16,23). The van der Waals surface area contributed by atoms with Crippen molar-refractivity contribution in [2.24, 2.45) is 0 Å². The van der Waals surface area contributed by atoms with Crippen molar-refractivity contribution in [3.8, 4) is 0 Å². The zero-order valence-corrected chi connectivity index (χ0v) is 12.4. The van der Waals surface area contributed by atoms with E-state index in [9.17, 15) is 9.59 Å². The Morgan fingerprint density at radius 1 is 1.30 bits per heavy atom. The predicted molar refractivity (Wildman–Crippen MR) is 82.5 cm³/mol. The Labute approximate surface area is 131 Å². The lowest BCUT2D eigenvalue weighted by molar-refractivity contribution is 0.101. The fraction of sp³-hybridized carbons (Fsp3) is 0.200. The molecule has 23 heavy (non-hydrogen) atoms. The SMILES string of the molecule is CC(=O)c1cc2cc(NC(=O)c3cn(CCO)nn3)ccn2c1. The quantitative estimate of drug-likeness (QED) is 0.684. The second-order valence-corrected chi connectivity index (χ2v) is 5.08. The first-order chi connectivity index (χ1) is 11.1. The smallest absolute Gasteiger partial charge is 0.277 e. The maximum atomic E-state index is 12.1. The molecule has 8 nitrogen and oxygen atoms in total. The largest absolute Gasteiger partial charge is 0.394 e. The van der Waals surface area contributed by atoms with Crippen LogP contribution >= 0.6 is 0 Å². The van der Waals surface area contributed by atoms with Gasteiger partial charge in [-0.1, -0.05) is 5.21 Å². The first kappa shape index (κ1) is 14.9. The zero-order valence-electron chi connectivity index (χ0n) is 12.4. The molecule has 0 aliphatic heterocycles. The zero-order chi connectivity index (χ0) is 16.4. The third kappa shape index (κ3) is 3.11. The van der Waals surface area contributed by atoms with Crippen LogP contribution in [0.2, 0.25) is 0 Å². The first-order valence-corrected chi connectivity index (χ1v) is 7.02. The molecular formula is C15H15N5O3. The summed E-state index contributed by atoms with van der Waals surface area (Å²) >= 11 is 0. The number of hydrogen-bond donors (Lipinski definition) is 2. The summed E-state index contributed by atoms with van der Waals surface area (Å²) in [6.07, 6.45) is 4.97. The van der Waals surface area contributed by atoms with Crippen molar-refractivity contribution >= 4 is 22.9 Å². The number of carbonyl (C=O) groups is 2. The van der Waals surface area contributed by atoms with Gasteiger partial charge in [0.15, 0.2) is 11.5 Å². The number of anilines is 1. The number of aliphatic hydroxyl groups excluding tert-OH is 1. The van der Waals surface area contributed by atoms with Crippen molar-refractivity contribution < 1.29 is 14.7 Å². The molecule has 0 bridgehead atoms. The molecule has 0 aliphatic rings. The number of ketones is 1. The van der Waals surface area contributed by atoms with E-state index in [2.05, 4.69) is 15.6 Å². The van der Waals surface area contributed by atoms with E-state index in [0.29, 0.717) is 11.3 Å². The molecule has 2 N–H and O–H groups in total. The fourth-order valence-electron chi connectivity index (χ4n) is 2.19. The monoisotopic (exact) mass is 313 g/mol. The number of aliphatic hydroxyl groups is 1. The molecule has 0 spiro atoms. The first-order valence-electron chi connectivity index (χ1n) is 7.02. The van der Waals surface area contributed by atoms with E-state index in [1.807, 2.05) is 4.40 Å². The number of rotatable bonds is 5. The average molecular weight is 313 g/mol. The molecule has 3 aromatic rings. The summed E-state index contributed by atoms with van der Waals surface area (Å²) in [6, 6.07) is 5.25. The number of fused-ring (bicyclic) bond motifs is 1. The third-order valence-electron chi connectivity index (χ3n) is 3.36. The van der Waals surface area contributed by atoms with Crippen LogP contribution in [0.1, 0.15) is 27.8 Å². The number of nitrogens with zero attached hydrogens (tertiary/aromatic N) is 4. The van der Waals surface area contributed by atoms with Crippen LogP contribution in [0.25, 0.3) is 5.52 Å². The van der Waals surface area contributed by atoms with Gasteiger partial charge >= 0.3 is 0 Å². The highest BCUT2D eigenvalue weighted by Crippen LogP contribution is 2.16. The Balaban J connectivity index is 1.79. The third-order valence-corrected chi connectivity index (χ3v) is 3.36. The van der Waals surface area contributed by atoms with Gasteiger partial charge in [0.2, 0.25) is 0 Å². The molecule has 0 aliphatic carbocycles. The summed E-state index contributed by atoms with van der Waals surface area (Å²) in [5, 5.41) is 19.1. The van der Waals surface area contributed by atoms with E-state index in [1.165, 1.54) is 17.8 Å². The molecule has 0 saturated heterocycles. The Morgan fingerprint density at radius 3 is 2.87 bits per heavy atom. The second-order valence-electron chi connectivity index (χ2n) is 5.08. The van der Waals surface area contributed by atoms with Gasteiger partial charge in [-0.3, -0.25) is 9.59 Å². The van der Waals surface area contributed by atoms with Crippen LogP contribution in [-0.2, 0) is 6.54 Å². The summed E-state index contributed by atoms with van der Waals surface area (Å²) in [5.41, 5.74) is 2.17. The summed E-state index contributed by atoms with van der Waals surface area (Å²) in [7, 11) is 0. The molecule has 0 saturated carbocycles. The Bertz CT molecular complexity index is 880. The molecule has 3 rings (SSSR count). The molecule has 0 fully saturated rings. The van der Waals surface area contributed by atoms with E-state index in [1.54, 1.807) is 30.6 Å². The Morgan fingerprint density at radius 2 is 2.13 bits per heavy atom. The molecule has 118 valence electrons. The van der Waals surface area contributed by atoms with Crippen molar-refractivity contribution in [2.75, 3.05) is 11.9 Å². The molecule has 0 unspecified atom stereocenters. The van der Waals surface area contributed by atoms with E-state index >= 15 is 0 Å². The number of pyridine rings is 1. The number of aromatic nitrogens is 4. The molecule has 3 heterocycles. The van der Waals surface area contributed by atoms with E-state index in [0.717, 1.165) is 5.52 Å². The number of hydrogen-bond acceptors (Lipinski definition) is 5. The van der Waals surface area contributed by atoms with Crippen LogP contribution in [0.15, 0.2) is 36.8 Å². The molecule has 3 aromatic heterocycles. The van der Waals surface area contributed by atoms with Gasteiger partial charge in [0, 0.05) is 29.2 Å². The molecule has 0 aromatic carbocycles. The number of amides is 1. The second kappa shape index (κ2) is 6.01. The number of Topliss-reactive ketones (excluding diaryl/α,β-unsaturated/α-hetero) is 1. The van der Waals surface area contributed by atoms with Crippen molar-refractivity contribution in [1.29, 1.82) is 0 Å². The minimum atomic E-state index is -0.392. The van der Waals surface area contributed by atoms with Gasteiger partial charge in [-0.25, -0.2) is 4.68 Å². The highest BCUT2D eigenvalue weighted by Gasteiger charge is 2.12. The Hall–Kier alpha value is -3.00. The maximum Gasteiger partial charge on any atom is 0.277 e. The minimum Gasteiger partial charge on any atom is -0.394 e. The van der Waals surface area contributed by atoms with Crippen LogP contribution in [0.3, 0.4) is 0 Å². The highest BCUT2D eigenvalue weighted by molar-refractivity contribution is 6.03. The van der Waals surface area contributed by atoms with Crippen LogP contribution in [-0.4, -0.2) is 42.8 Å². The topological polar surface area (TPSA) is 102 Å². The summed E-state index contributed by atoms with van der Waals surface area (Å²) in [5.74, 6) is -0.406. The Kier molecular flexibility index (Phi) is 3.90. The minimum absolute atomic E-state index is 0.0141. The van der Waals surface area contributed by atoms with E-state index < -0.39 is 5.91 Å². The van der Waals surface area contributed by atoms with Crippen LogP contribution in [0.4, 0.5) is 5.69 Å². The lowest BCUT2D eigenvalue weighted by atomic mass is 10.2. The van der Waals surface area contributed by atoms with Crippen molar-refractivity contribution in [1.82, 2.24) is 19.4 Å². The highest BCUT2D eigenvalue weighted by atomic mass is 16.3. The van der Waals surface area contributed by atoms with Crippen LogP contribution in [0.5, 0.6) is 0 Å². The van der Waals surface area contributed by atoms with Gasteiger partial charge in [-0.05, 0) is 25.1 Å². The number of carbonyl (C=O) groups excluding carboxylic acids is 2. The van der Waals surface area contributed by atoms with Crippen molar-refractivity contribution in [2.45, 2.75) is 13.5 Å². The number of nitrogens with one attached hydrogen (secondary N) is 1. The lowest BCUT2D eigenvalue weighted by Crippen LogP contribution is -2.12. The molecule has 8 heteroatoms. The van der Waals surface area contributed by atoms with Gasteiger partial charge in [-0.2, -0.15) is 0 Å². The maximum absolute atomic E-state index is 12.1. The fourth-order valence-corrected chi connectivity index (χ4v) is 2.19. The van der Waals surface area contributed by atoms with Gasteiger partial charge in [0.05, 0.1) is 19.3 Å². The predicted octanol–water partition coefficient (Wildman–Crippen LogP) is 0.978. The van der Waals surface area contributed by atoms with Gasteiger partial charge in [0.25, 0.3) is 5.91 Å². The normalized spacial score (nSPS) is 10.9. The lowest BCUT2D eigenvalue weighted by Gasteiger charge is -2.03. The molecular weight excluding hydrogens is 298 g/mol. The summed E-state index contributed by atoms with van der Waals surface area (Å²) in [6.45, 7) is 1.71. The van der Waals surface area contributed by atoms with E-state index in [-0.39, 0.29) is 24.6 Å².